The zero-order valence-corrected chi connectivity index (χ0v) is 44.9. The van der Waals surface area contributed by atoms with Gasteiger partial charge in [0.1, 0.15) is 29.3 Å². The van der Waals surface area contributed by atoms with Gasteiger partial charge in [-0.15, -0.1) is 0 Å². The lowest BCUT2D eigenvalue weighted by atomic mass is 10.1. The number of anilines is 7. The van der Waals surface area contributed by atoms with Gasteiger partial charge in [0, 0.05) is 104 Å². The van der Waals surface area contributed by atoms with E-state index in [9.17, 15) is 20.6 Å². The van der Waals surface area contributed by atoms with Crippen molar-refractivity contribution in [1.82, 2.24) is 38.9 Å². The molecule has 4 N–H and O–H groups in total. The van der Waals surface area contributed by atoms with Gasteiger partial charge in [-0.2, -0.15) is 10.5 Å². The van der Waals surface area contributed by atoms with Gasteiger partial charge < -0.3 is 64.0 Å². The van der Waals surface area contributed by atoms with Crippen molar-refractivity contribution in [3.05, 3.63) is 119 Å². The molecule has 0 bridgehead atoms. The number of nitro benzene ring substituents is 1. The van der Waals surface area contributed by atoms with Crippen molar-refractivity contribution in [2.45, 2.75) is 19.5 Å². The second-order valence-electron chi connectivity index (χ2n) is 19.6. The molecule has 2 fully saturated rings. The lowest BCUT2D eigenvalue weighted by molar-refractivity contribution is -0.384. The van der Waals surface area contributed by atoms with Crippen LogP contribution in [-0.2, 0) is 9.47 Å². The number of nitrogens with one attached hydrogen (secondary N) is 2. The number of para-hydroxylation sites is 2. The molecule has 6 heterocycles. The summed E-state index contributed by atoms with van der Waals surface area (Å²) in [5.74, 6) is 1.53. The van der Waals surface area contributed by atoms with Crippen molar-refractivity contribution < 1.29 is 23.9 Å². The summed E-state index contributed by atoms with van der Waals surface area (Å²) in [6.07, 6.45) is 7.05. The van der Waals surface area contributed by atoms with E-state index >= 15 is 0 Å². The number of nitriles is 2. The van der Waals surface area contributed by atoms with Gasteiger partial charge >= 0.3 is 0 Å². The highest BCUT2D eigenvalue weighted by Crippen LogP contribution is 2.42. The van der Waals surface area contributed by atoms with E-state index < -0.39 is 4.92 Å². The summed E-state index contributed by atoms with van der Waals surface area (Å²) in [7, 11) is 14.9. The van der Waals surface area contributed by atoms with Gasteiger partial charge in [0.05, 0.1) is 115 Å². The number of nitrogen functional groups attached to an aromatic ring is 1. The van der Waals surface area contributed by atoms with Gasteiger partial charge in [0.25, 0.3) is 5.69 Å². The molecule has 2 saturated heterocycles. The minimum atomic E-state index is -0.420. The monoisotopic (exact) mass is 1070 g/mol. The first kappa shape index (κ1) is 56.2. The fraction of sp³-hybridized carbons (Fsp3) is 0.333. The van der Waals surface area contributed by atoms with E-state index in [4.69, 9.17) is 34.6 Å². The molecule has 0 unspecified atom stereocenters. The van der Waals surface area contributed by atoms with Gasteiger partial charge in [-0.05, 0) is 46.4 Å². The normalized spacial score (nSPS) is 13.1. The molecule has 8 aromatic rings. The van der Waals surface area contributed by atoms with E-state index in [-0.39, 0.29) is 31.1 Å². The lowest BCUT2D eigenvalue weighted by Crippen LogP contribution is -2.30. The average molecular weight is 1070 g/mol. The Balaban J connectivity index is 0.000000206. The van der Waals surface area contributed by atoms with Gasteiger partial charge in [-0.25, -0.2) is 19.9 Å². The van der Waals surface area contributed by atoms with E-state index in [2.05, 4.69) is 63.9 Å². The largest absolute Gasteiger partial charge is 0.494 e. The molecule has 0 amide bonds. The zero-order valence-electron chi connectivity index (χ0n) is 44.9. The highest BCUT2D eigenvalue weighted by Gasteiger charge is 2.28. The molecule has 410 valence electrons. The first-order valence-electron chi connectivity index (χ1n) is 25.2. The highest BCUT2D eigenvalue weighted by atomic mass is 16.6. The third-order valence-electron chi connectivity index (χ3n) is 13.8. The van der Waals surface area contributed by atoms with E-state index in [0.717, 1.165) is 58.3 Å². The van der Waals surface area contributed by atoms with Gasteiger partial charge in [0.2, 0.25) is 11.9 Å². The van der Waals surface area contributed by atoms with Gasteiger partial charge in [0.15, 0.2) is 0 Å². The van der Waals surface area contributed by atoms with E-state index in [1.807, 2.05) is 106 Å². The Labute approximate surface area is 459 Å². The Morgan fingerprint density at radius 1 is 0.684 bits per heavy atom. The molecule has 22 heteroatoms. The van der Waals surface area contributed by atoms with Crippen LogP contribution in [0.4, 0.5) is 46.0 Å². The SMILES string of the molecule is C.COc1cc(N(C)CCN(C)C)c(N)cc1Nc1ncc(C#N)c(-c2cn(C3COC3)c3ccccc23)n1.COc1cc(N(C)CCN(C)C)c([N+](=O)[O-])cc1Nc1ncc(C#N)c(-c2cn(C3COC3)c3ccccc23)n1. The lowest BCUT2D eigenvalue weighted by Gasteiger charge is -2.28. The first-order chi connectivity index (χ1) is 37.7. The molecule has 4 aromatic carbocycles. The number of aromatic nitrogens is 6. The number of hydrogen-bond acceptors (Lipinski definition) is 19. The fourth-order valence-electron chi connectivity index (χ4n) is 9.26. The van der Waals surface area contributed by atoms with Crippen LogP contribution in [0.2, 0.25) is 0 Å². The summed E-state index contributed by atoms with van der Waals surface area (Å²) >= 11 is 0. The molecule has 0 saturated carbocycles. The summed E-state index contributed by atoms with van der Waals surface area (Å²) in [4.78, 5) is 37.9. The van der Waals surface area contributed by atoms with Crippen LogP contribution in [0.3, 0.4) is 0 Å². The third-order valence-corrected chi connectivity index (χ3v) is 13.8. The van der Waals surface area contributed by atoms with Gasteiger partial charge in [-0.1, -0.05) is 43.8 Å². The van der Waals surface area contributed by atoms with Crippen LogP contribution >= 0.6 is 0 Å². The number of nitrogens with two attached hydrogens (primary N) is 1. The highest BCUT2D eigenvalue weighted by molar-refractivity contribution is 5.98. The molecule has 79 heavy (non-hydrogen) atoms. The third kappa shape index (κ3) is 11.9. The Morgan fingerprint density at radius 3 is 1.52 bits per heavy atom. The molecule has 0 radical (unpaired) electrons. The van der Waals surface area contributed by atoms with E-state index in [1.165, 1.54) is 19.4 Å². The van der Waals surface area contributed by atoms with Crippen LogP contribution in [0.5, 0.6) is 11.5 Å². The second-order valence-corrected chi connectivity index (χ2v) is 19.6. The molecule has 2 aliphatic heterocycles. The molecule has 22 nitrogen and oxygen atoms in total. The smallest absolute Gasteiger partial charge is 0.294 e. The Hall–Kier alpha value is -9.06. The number of methoxy groups -OCH3 is 2. The van der Waals surface area contributed by atoms with Crippen molar-refractivity contribution >= 4 is 67.8 Å². The quantitative estimate of drug-likeness (QED) is 0.0389. The summed E-state index contributed by atoms with van der Waals surface area (Å²) in [6, 6.07) is 27.8. The van der Waals surface area contributed by atoms with Crippen LogP contribution in [-0.4, -0.2) is 153 Å². The maximum Gasteiger partial charge on any atom is 0.294 e. The molecule has 0 spiro atoms. The van der Waals surface area contributed by atoms with Crippen molar-refractivity contribution in [3.8, 4) is 46.2 Å². The minimum Gasteiger partial charge on any atom is -0.494 e. The van der Waals surface area contributed by atoms with E-state index in [0.29, 0.717) is 95.7 Å². The minimum absolute atomic E-state index is 0. The number of fused-ring (bicyclic) bond motifs is 2. The topological polar surface area (TPSA) is 252 Å². The predicted molar refractivity (Wildman–Crippen MR) is 309 cm³/mol. The number of rotatable bonds is 19. The van der Waals surface area contributed by atoms with E-state index in [1.54, 1.807) is 26.4 Å². The van der Waals surface area contributed by atoms with Crippen LogP contribution in [0.15, 0.2) is 97.6 Å². The van der Waals surface area contributed by atoms with Crippen molar-refractivity contribution in [2.75, 3.05) is 135 Å². The number of nitro groups is 1. The maximum atomic E-state index is 12.0. The predicted octanol–water partition coefficient (Wildman–Crippen LogP) is 8.71. The summed E-state index contributed by atoms with van der Waals surface area (Å²) in [5.41, 5.74) is 14.8. The van der Waals surface area contributed by atoms with Crippen molar-refractivity contribution in [2.24, 2.45) is 0 Å². The van der Waals surface area contributed by atoms with Crippen molar-refractivity contribution in [3.63, 3.8) is 0 Å². The van der Waals surface area contributed by atoms with Gasteiger partial charge in [-0.3, -0.25) is 10.1 Å². The standard InChI is InChI=1S/C28H30N8O4.C28H32N8O2.CH4/c1-33(2)9-10-34(3)24-12-26(39-4)22(11-25(24)36(37)38)31-28-30-14-18(13-29)27(32-28)21-15-35(19-16-40-17-19)23-8-6-5-7-20(21)23;1-34(2)9-10-35(3)25-12-26(37-4)23(11-22(25)30)32-28-31-14-18(13-29)27(33-28)21-15-36(19-16-38-17-19)24-8-6-5-7-20(21)24;/h5-8,11-12,14-15,19H,9-10,16-17H2,1-4H3,(H,30,31,32);5-8,11-12,14-15,19H,9-10,16-17,30H2,1-4H3,(H,31,32,33);1H4. The number of likely N-dealkylation sites (N-methyl/N-ethyl adjacent to an activating group) is 4. The molecular formula is C57H66N16O6. The Kier molecular flexibility index (Phi) is 17.4. The Bertz CT molecular complexity index is 3580. The maximum absolute atomic E-state index is 12.0. The molecule has 10 rings (SSSR count). The number of hydrogen-bond donors (Lipinski definition) is 3. The van der Waals surface area contributed by atoms with Crippen LogP contribution in [0.25, 0.3) is 44.3 Å². The number of benzene rings is 4. The van der Waals surface area contributed by atoms with Crippen LogP contribution in [0.1, 0.15) is 30.6 Å². The van der Waals surface area contributed by atoms with Crippen LogP contribution in [0, 0.1) is 32.8 Å². The number of ether oxygens (including phenoxy) is 4. The fourth-order valence-corrected chi connectivity index (χ4v) is 9.26. The Morgan fingerprint density at radius 2 is 1.11 bits per heavy atom. The van der Waals surface area contributed by atoms with Crippen LogP contribution < -0.4 is 35.6 Å². The summed E-state index contributed by atoms with van der Waals surface area (Å²) < 4.78 is 26.5. The van der Waals surface area contributed by atoms with Crippen molar-refractivity contribution in [1.29, 1.82) is 10.5 Å². The first-order valence-corrected chi connectivity index (χ1v) is 25.2. The summed E-state index contributed by atoms with van der Waals surface area (Å²) in [6.45, 7) is 5.61. The molecule has 0 aliphatic carbocycles. The zero-order chi connectivity index (χ0) is 55.2. The average Bonchev–Trinajstić information content (AvgIpc) is 4.23. The molecule has 0 atom stereocenters. The number of nitrogens with zero attached hydrogens (tertiary/aromatic N) is 13. The molecule has 4 aromatic heterocycles. The summed E-state index contributed by atoms with van der Waals surface area (Å²) in [5, 5.41) is 40.1. The molecular weight excluding hydrogens is 1000 g/mol. The second kappa shape index (κ2) is 24.5. The molecule has 2 aliphatic rings.